The molecule has 1 saturated heterocycles. The van der Waals surface area contributed by atoms with E-state index in [-0.39, 0.29) is 12.2 Å². The molecule has 0 unspecified atom stereocenters. The minimum Gasteiger partial charge on any atom is -0.344 e. The van der Waals surface area contributed by atoms with E-state index in [4.69, 9.17) is 9.47 Å². The summed E-state index contributed by atoms with van der Waals surface area (Å²) in [5.74, 6) is 0.581. The molecule has 1 aliphatic heterocycles. The molecule has 0 radical (unpaired) electrons. The molecule has 3 nitrogen and oxygen atoms in total. The average molecular weight is 205 g/mol. The summed E-state index contributed by atoms with van der Waals surface area (Å²) >= 11 is 1.80. The molecule has 0 aromatic carbocycles. The molecule has 0 aromatic rings. The van der Waals surface area contributed by atoms with Gasteiger partial charge in [0, 0.05) is 12.3 Å². The Kier molecular flexibility index (Phi) is 4.04. The molecule has 0 aliphatic carbocycles. The first-order chi connectivity index (χ1) is 6.09. The molecule has 13 heavy (non-hydrogen) atoms. The zero-order valence-electron chi connectivity index (χ0n) is 8.79. The quantitative estimate of drug-likeness (QED) is 0.744. The molecule has 2 atom stereocenters. The third kappa shape index (κ3) is 3.13. The lowest BCUT2D eigenvalue weighted by Crippen LogP contribution is -2.34. The van der Waals surface area contributed by atoms with Crippen LogP contribution in [0.5, 0.6) is 0 Å². The molecule has 78 valence electrons. The maximum Gasteiger partial charge on any atom is 0.163 e. The van der Waals surface area contributed by atoms with Gasteiger partial charge in [0.1, 0.15) is 6.10 Å². The monoisotopic (exact) mass is 205 g/mol. The van der Waals surface area contributed by atoms with Crippen LogP contribution in [0.25, 0.3) is 0 Å². The van der Waals surface area contributed by atoms with Gasteiger partial charge in [0.2, 0.25) is 0 Å². The highest BCUT2D eigenvalue weighted by atomic mass is 32.2. The molecule has 4 heteroatoms. The molecule has 1 N–H and O–H groups in total. The van der Waals surface area contributed by atoms with Crippen molar-refractivity contribution in [1.82, 2.24) is 5.32 Å². The first kappa shape index (κ1) is 11.3. The van der Waals surface area contributed by atoms with Gasteiger partial charge in [-0.2, -0.15) is 11.8 Å². The molecule has 1 heterocycles. The van der Waals surface area contributed by atoms with Crippen molar-refractivity contribution in [1.29, 1.82) is 0 Å². The highest BCUT2D eigenvalue weighted by Crippen LogP contribution is 2.29. The van der Waals surface area contributed by atoms with E-state index in [2.05, 4.69) is 11.6 Å². The van der Waals surface area contributed by atoms with Gasteiger partial charge >= 0.3 is 0 Å². The summed E-state index contributed by atoms with van der Waals surface area (Å²) in [6.45, 7) is 4.79. The Morgan fingerprint density at radius 2 is 1.92 bits per heavy atom. The summed E-state index contributed by atoms with van der Waals surface area (Å²) < 4.78 is 11.5. The van der Waals surface area contributed by atoms with Crippen LogP contribution in [0.15, 0.2) is 0 Å². The average Bonchev–Trinajstić information content (AvgIpc) is 2.28. The van der Waals surface area contributed by atoms with Crippen molar-refractivity contribution in [2.75, 3.05) is 25.6 Å². The number of likely N-dealkylation sites (N-methyl/N-ethyl adjacent to an activating group) is 1. The van der Waals surface area contributed by atoms with Crippen molar-refractivity contribution >= 4 is 11.8 Å². The van der Waals surface area contributed by atoms with Gasteiger partial charge in [-0.15, -0.1) is 0 Å². The number of nitrogens with one attached hydrogen (secondary N) is 1. The van der Waals surface area contributed by atoms with Gasteiger partial charge in [-0.25, -0.2) is 0 Å². The van der Waals surface area contributed by atoms with Gasteiger partial charge in [0.15, 0.2) is 5.79 Å². The highest BCUT2D eigenvalue weighted by molar-refractivity contribution is 7.98. The van der Waals surface area contributed by atoms with Gasteiger partial charge in [-0.05, 0) is 27.2 Å². The molecule has 0 bridgehead atoms. The van der Waals surface area contributed by atoms with E-state index in [0.717, 1.165) is 12.3 Å². The topological polar surface area (TPSA) is 30.5 Å². The van der Waals surface area contributed by atoms with E-state index in [1.165, 1.54) is 0 Å². The van der Waals surface area contributed by atoms with E-state index >= 15 is 0 Å². The SMILES string of the molecule is CNC[C@H]1OC(C)(C)O[C@@H]1CSC. The van der Waals surface area contributed by atoms with Gasteiger partial charge in [0.25, 0.3) is 0 Å². The molecule has 0 spiro atoms. The van der Waals surface area contributed by atoms with Crippen LogP contribution < -0.4 is 5.32 Å². The summed E-state index contributed by atoms with van der Waals surface area (Å²) in [7, 11) is 1.94. The maximum absolute atomic E-state index is 5.77. The largest absolute Gasteiger partial charge is 0.344 e. The van der Waals surface area contributed by atoms with Crippen LogP contribution in [-0.4, -0.2) is 43.6 Å². The second-order valence-electron chi connectivity index (χ2n) is 3.73. The number of rotatable bonds is 4. The normalized spacial score (nSPS) is 32.3. The van der Waals surface area contributed by atoms with Crippen LogP contribution in [0.4, 0.5) is 0 Å². The van der Waals surface area contributed by atoms with Gasteiger partial charge < -0.3 is 14.8 Å². The van der Waals surface area contributed by atoms with E-state index < -0.39 is 5.79 Å². The third-order valence-corrected chi connectivity index (χ3v) is 2.68. The van der Waals surface area contributed by atoms with Gasteiger partial charge in [0.05, 0.1) is 6.10 Å². The maximum atomic E-state index is 5.77. The summed E-state index contributed by atoms with van der Waals surface area (Å²) in [4.78, 5) is 0. The Labute approximate surface area is 84.6 Å². The predicted molar refractivity (Wildman–Crippen MR) is 56.1 cm³/mol. The van der Waals surface area contributed by atoms with E-state index in [1.54, 1.807) is 11.8 Å². The highest BCUT2D eigenvalue weighted by Gasteiger charge is 2.40. The molecule has 1 rings (SSSR count). The smallest absolute Gasteiger partial charge is 0.163 e. The fraction of sp³-hybridized carbons (Fsp3) is 1.00. The molecule has 0 amide bonds. The zero-order chi connectivity index (χ0) is 9.90. The first-order valence-corrected chi connectivity index (χ1v) is 5.97. The Hall–Kier alpha value is 0.230. The van der Waals surface area contributed by atoms with Crippen molar-refractivity contribution in [2.24, 2.45) is 0 Å². The molecule has 1 fully saturated rings. The van der Waals surface area contributed by atoms with E-state index in [9.17, 15) is 0 Å². The molecule has 0 saturated carbocycles. The molecule has 0 aromatic heterocycles. The second-order valence-corrected chi connectivity index (χ2v) is 4.64. The van der Waals surface area contributed by atoms with Gasteiger partial charge in [-0.3, -0.25) is 0 Å². The summed E-state index contributed by atoms with van der Waals surface area (Å²) in [5, 5.41) is 3.12. The minimum absolute atomic E-state index is 0.187. The van der Waals surface area contributed by atoms with Crippen molar-refractivity contribution in [2.45, 2.75) is 31.8 Å². The number of hydrogen-bond donors (Lipinski definition) is 1. The zero-order valence-corrected chi connectivity index (χ0v) is 9.61. The van der Waals surface area contributed by atoms with Gasteiger partial charge in [-0.1, -0.05) is 0 Å². The standard InChI is InChI=1S/C9H19NO2S/c1-9(2)11-7(5-10-3)8(12-9)6-13-4/h7-8,10H,5-6H2,1-4H3/t7-,8-/m1/s1. The van der Waals surface area contributed by atoms with Crippen LogP contribution in [0.1, 0.15) is 13.8 Å². The van der Waals surface area contributed by atoms with Crippen LogP contribution in [0.3, 0.4) is 0 Å². The number of hydrogen-bond acceptors (Lipinski definition) is 4. The molecular formula is C9H19NO2S. The van der Waals surface area contributed by atoms with Crippen LogP contribution >= 0.6 is 11.8 Å². The first-order valence-electron chi connectivity index (χ1n) is 4.58. The van der Waals surface area contributed by atoms with Crippen LogP contribution in [0, 0.1) is 0 Å². The van der Waals surface area contributed by atoms with Crippen molar-refractivity contribution in [3.05, 3.63) is 0 Å². The third-order valence-electron chi connectivity index (χ3n) is 2.02. The lowest BCUT2D eigenvalue weighted by Gasteiger charge is -2.16. The summed E-state index contributed by atoms with van der Waals surface area (Å²) in [5.41, 5.74) is 0. The Bertz CT molecular complexity index is 148. The minimum atomic E-state index is -0.415. The fourth-order valence-electron chi connectivity index (χ4n) is 1.59. The summed E-state index contributed by atoms with van der Waals surface area (Å²) in [6, 6.07) is 0. The van der Waals surface area contributed by atoms with Crippen LogP contribution in [-0.2, 0) is 9.47 Å². The van der Waals surface area contributed by atoms with Crippen molar-refractivity contribution in [3.8, 4) is 0 Å². The lowest BCUT2D eigenvalue weighted by molar-refractivity contribution is -0.144. The number of ether oxygens (including phenoxy) is 2. The number of thioether (sulfide) groups is 1. The second kappa shape index (κ2) is 4.64. The van der Waals surface area contributed by atoms with Crippen LogP contribution in [0.2, 0.25) is 0 Å². The Morgan fingerprint density at radius 3 is 2.46 bits per heavy atom. The fourth-order valence-corrected chi connectivity index (χ4v) is 2.20. The Balaban J connectivity index is 2.49. The Morgan fingerprint density at radius 1 is 1.31 bits per heavy atom. The molecule has 1 aliphatic rings. The summed E-state index contributed by atoms with van der Waals surface area (Å²) in [6.07, 6.45) is 2.50. The van der Waals surface area contributed by atoms with Crippen molar-refractivity contribution < 1.29 is 9.47 Å². The molecular weight excluding hydrogens is 186 g/mol. The predicted octanol–water partition coefficient (Wildman–Crippen LogP) is 1.09. The van der Waals surface area contributed by atoms with Crippen molar-refractivity contribution in [3.63, 3.8) is 0 Å². The lowest BCUT2D eigenvalue weighted by atomic mass is 10.2. The van der Waals surface area contributed by atoms with E-state index in [0.29, 0.717) is 0 Å². The van der Waals surface area contributed by atoms with E-state index in [1.807, 2.05) is 20.9 Å².